The van der Waals surface area contributed by atoms with Gasteiger partial charge in [-0.3, -0.25) is 9.59 Å². The molecule has 2 bridgehead atoms. The second-order valence-corrected chi connectivity index (χ2v) is 17.7. The van der Waals surface area contributed by atoms with Crippen molar-refractivity contribution in [2.24, 2.45) is 16.7 Å². The number of methoxy groups -OCH3 is 1. The number of ether oxygens (including phenoxy) is 6. The van der Waals surface area contributed by atoms with Crippen LogP contribution in [0.5, 0.6) is 0 Å². The van der Waals surface area contributed by atoms with Crippen molar-refractivity contribution >= 4 is 29.8 Å². The Balaban J connectivity index is 1.55. The van der Waals surface area contributed by atoms with Crippen LogP contribution >= 0.6 is 0 Å². The molecule has 3 aliphatic carbocycles. The Morgan fingerprint density at radius 1 is 1.00 bits per heavy atom. The lowest BCUT2D eigenvalue weighted by Crippen LogP contribution is -2.81. The van der Waals surface area contributed by atoms with Gasteiger partial charge in [-0.15, -0.1) is 0 Å². The van der Waals surface area contributed by atoms with Gasteiger partial charge >= 0.3 is 24.0 Å². The van der Waals surface area contributed by atoms with Crippen molar-refractivity contribution < 1.29 is 71.8 Å². The van der Waals surface area contributed by atoms with Crippen LogP contribution in [0.1, 0.15) is 94.3 Å². The number of alkyl carbamates (subject to hydrolysis) is 1. The van der Waals surface area contributed by atoms with E-state index in [0.717, 1.165) is 6.92 Å². The van der Waals surface area contributed by atoms with Gasteiger partial charge in [-0.1, -0.05) is 62.4 Å². The molecule has 2 aromatic rings. The number of aliphatic hydroxyl groups excluding tert-OH is 2. The zero-order valence-corrected chi connectivity index (χ0v) is 34.3. The lowest BCUT2D eigenvalue weighted by molar-refractivity contribution is -0.346. The molecule has 0 spiro atoms. The van der Waals surface area contributed by atoms with E-state index < -0.39 is 119 Å². The molecule has 1 heterocycles. The van der Waals surface area contributed by atoms with Crippen LogP contribution in [-0.2, 0) is 42.8 Å². The Morgan fingerprint density at radius 2 is 1.63 bits per heavy atom. The number of esters is 3. The van der Waals surface area contributed by atoms with E-state index in [1.165, 1.54) is 39.8 Å². The molecular formula is C44H55NO14. The number of nitrogens with one attached hydrogen (secondary N) is 1. The van der Waals surface area contributed by atoms with Gasteiger partial charge in [0.15, 0.2) is 17.5 Å². The molecule has 4 aliphatic rings. The van der Waals surface area contributed by atoms with Crippen LogP contribution < -0.4 is 5.32 Å². The summed E-state index contributed by atoms with van der Waals surface area (Å²) in [6, 6.07) is 14.3. The summed E-state index contributed by atoms with van der Waals surface area (Å²) < 4.78 is 59.9. The largest absolute Gasteiger partial charge is 0.456 e. The van der Waals surface area contributed by atoms with E-state index in [2.05, 4.69) is 5.32 Å². The minimum absolute atomic E-state index is 0.0326. The molecule has 0 radical (unpaired) electrons. The minimum Gasteiger partial charge on any atom is -0.456 e. The molecule has 4 N–H and O–H groups in total. The molecule has 15 heteroatoms. The van der Waals surface area contributed by atoms with Gasteiger partial charge in [-0.25, -0.2) is 14.4 Å². The maximum atomic E-state index is 15.5. The van der Waals surface area contributed by atoms with E-state index in [4.69, 9.17) is 32.5 Å². The first-order valence-corrected chi connectivity index (χ1v) is 19.5. The lowest BCUT2D eigenvalue weighted by atomic mass is 9.44. The summed E-state index contributed by atoms with van der Waals surface area (Å²) in [5.74, 6) is -5.76. The molecule has 1 amide bonds. The van der Waals surface area contributed by atoms with Crippen LogP contribution in [-0.4, -0.2) is 112 Å². The Bertz CT molecular complexity index is 2110. The number of carbonyl (C=O) groups is 5. The molecule has 0 aromatic heterocycles. The number of hydrogen-bond donors (Lipinski definition) is 4. The number of Topliss-reactive ketones (excluding diaryl/α,β-unsaturated/α-hetero) is 1. The molecule has 1 aliphatic heterocycles. The summed E-state index contributed by atoms with van der Waals surface area (Å²) in [4.78, 5) is 70.0. The second kappa shape index (κ2) is 15.7. The summed E-state index contributed by atoms with van der Waals surface area (Å²) in [6.07, 6.45) is -12.2. The van der Waals surface area contributed by atoms with Gasteiger partial charge in [0.1, 0.15) is 35.6 Å². The standard InChI is InChI=1S/C44H55NO14/c1-23-27(56-38(51)32(48)31(25-16-12-10-13-17-25)45-39(52)59-40(3,4)5)21-44(53)36(57-37(50)26-18-14-11-15-19-26)34-42(8,35(49)33(54-9)30(23)41(44,6)7)28(47)20-29-43(34,22-55-29)58-24(2)46/h10-19,27-29,31-34,36,47-48,53H,20-22H2,1-9H3,(H,45,52)/t27-,28-,29+,31-,32+,33+,34-,36-,42+,43-,44+/m0/s1/i9D3. The molecule has 3 fully saturated rings. The van der Waals surface area contributed by atoms with Crippen LogP contribution in [0.2, 0.25) is 0 Å². The molecule has 6 rings (SSSR count). The third kappa shape index (κ3) is 7.45. The fraction of sp³-hybridized carbons (Fsp3) is 0.568. The van der Waals surface area contributed by atoms with Gasteiger partial charge in [-0.05, 0) is 63.5 Å². The molecule has 0 unspecified atom stereocenters. The highest BCUT2D eigenvalue weighted by Gasteiger charge is 2.78. The monoisotopic (exact) mass is 824 g/mol. The summed E-state index contributed by atoms with van der Waals surface area (Å²) in [7, 11) is -3.27. The number of fused-ring (bicyclic) bond motifs is 5. The van der Waals surface area contributed by atoms with Crippen molar-refractivity contribution in [3.63, 3.8) is 0 Å². The van der Waals surface area contributed by atoms with Crippen molar-refractivity contribution in [3.8, 4) is 0 Å². The van der Waals surface area contributed by atoms with E-state index in [-0.39, 0.29) is 29.7 Å². The zero-order valence-electron chi connectivity index (χ0n) is 37.3. The highest BCUT2D eigenvalue weighted by atomic mass is 16.6. The summed E-state index contributed by atoms with van der Waals surface area (Å²) >= 11 is 0. The van der Waals surface area contributed by atoms with Crippen molar-refractivity contribution in [2.75, 3.05) is 13.6 Å². The molecule has 1 saturated heterocycles. The third-order valence-corrected chi connectivity index (χ3v) is 12.7. The summed E-state index contributed by atoms with van der Waals surface area (Å²) in [5, 5.41) is 39.9. The molecule has 320 valence electrons. The van der Waals surface area contributed by atoms with Gasteiger partial charge in [0.2, 0.25) is 0 Å². The highest BCUT2D eigenvalue weighted by molar-refractivity contribution is 5.94. The minimum atomic E-state index is -3.27. The van der Waals surface area contributed by atoms with E-state index in [0.29, 0.717) is 5.56 Å². The number of ketones is 1. The number of rotatable bonds is 9. The van der Waals surface area contributed by atoms with Crippen molar-refractivity contribution in [2.45, 2.75) is 128 Å². The van der Waals surface area contributed by atoms with Gasteiger partial charge < -0.3 is 49.1 Å². The smallest absolute Gasteiger partial charge is 0.408 e. The Hall–Kier alpha value is -4.67. The maximum absolute atomic E-state index is 15.5. The first-order valence-electron chi connectivity index (χ1n) is 21.0. The van der Waals surface area contributed by atoms with Crippen LogP contribution in [0.4, 0.5) is 4.79 Å². The fourth-order valence-electron chi connectivity index (χ4n) is 9.64. The predicted molar refractivity (Wildman–Crippen MR) is 208 cm³/mol. The van der Waals surface area contributed by atoms with Crippen LogP contribution in [0.3, 0.4) is 0 Å². The van der Waals surface area contributed by atoms with Crippen molar-refractivity contribution in [3.05, 3.63) is 82.9 Å². The molecule has 2 aromatic carbocycles. The molecule has 2 saturated carbocycles. The fourth-order valence-corrected chi connectivity index (χ4v) is 9.64. The van der Waals surface area contributed by atoms with Crippen molar-refractivity contribution in [1.29, 1.82) is 0 Å². The first-order chi connectivity index (χ1) is 28.7. The number of aliphatic hydroxyl groups is 3. The summed E-state index contributed by atoms with van der Waals surface area (Å²) in [6.45, 7) is 11.4. The van der Waals surface area contributed by atoms with Gasteiger partial charge in [-0.2, -0.15) is 0 Å². The molecule has 15 nitrogen and oxygen atoms in total. The van der Waals surface area contributed by atoms with E-state index >= 15 is 4.79 Å². The van der Waals surface area contributed by atoms with Crippen LogP contribution in [0.15, 0.2) is 71.8 Å². The van der Waals surface area contributed by atoms with Crippen LogP contribution in [0.25, 0.3) is 0 Å². The molecular weight excluding hydrogens is 766 g/mol. The van der Waals surface area contributed by atoms with Gasteiger partial charge in [0, 0.05) is 32.2 Å². The maximum Gasteiger partial charge on any atom is 0.408 e. The molecule has 11 atom stereocenters. The number of amides is 1. The number of hydrogen-bond acceptors (Lipinski definition) is 14. The van der Waals surface area contributed by atoms with Crippen molar-refractivity contribution in [1.82, 2.24) is 5.32 Å². The molecule has 59 heavy (non-hydrogen) atoms. The number of carbonyl (C=O) groups excluding carboxylic acids is 5. The average molecular weight is 825 g/mol. The summed E-state index contributed by atoms with van der Waals surface area (Å²) in [5.41, 5.74) is -9.01. The highest BCUT2D eigenvalue weighted by Crippen LogP contribution is 2.64. The van der Waals surface area contributed by atoms with Gasteiger partial charge in [0.05, 0.1) is 39.8 Å². The normalized spacial score (nSPS) is 34.3. The predicted octanol–water partition coefficient (Wildman–Crippen LogP) is 3.91. The Morgan fingerprint density at radius 3 is 2.19 bits per heavy atom. The third-order valence-electron chi connectivity index (χ3n) is 12.7. The topological polar surface area (TPSA) is 213 Å². The Kier molecular flexibility index (Phi) is 10.6. The Labute approximate surface area is 347 Å². The SMILES string of the molecule is [2H]C([2H])([2H])O[C@H]1C(=O)[C@@]2(C)[C@H]([C@H](OC(=O)c3ccccc3)[C@]3(O)C[C@H](OC(=O)[C@H](O)[C@@H](NC(=O)OC(C)(C)C)c4ccccc4)C(C)=C1C3(C)C)[C@]1(OC(C)=O)CO[C@@H]1C[C@@H]2O. The lowest BCUT2D eigenvalue weighted by Gasteiger charge is -2.67. The average Bonchev–Trinajstić information content (AvgIpc) is 3.17. The first kappa shape index (κ1) is 39.8. The number of benzene rings is 2. The quantitative estimate of drug-likeness (QED) is 0.160. The van der Waals surface area contributed by atoms with Gasteiger partial charge in [0.25, 0.3) is 0 Å². The van der Waals surface area contributed by atoms with E-state index in [1.54, 1.807) is 69.3 Å². The van der Waals surface area contributed by atoms with E-state index in [1.807, 2.05) is 0 Å². The van der Waals surface area contributed by atoms with Crippen LogP contribution in [0, 0.1) is 16.7 Å². The zero-order chi connectivity index (χ0) is 46.0. The second-order valence-electron chi connectivity index (χ2n) is 17.7. The van der Waals surface area contributed by atoms with E-state index in [9.17, 15) is 34.5 Å².